The Bertz CT molecular complexity index is 909. The molecule has 0 unspecified atom stereocenters. The predicted molar refractivity (Wildman–Crippen MR) is 98.7 cm³/mol. The summed E-state index contributed by atoms with van der Waals surface area (Å²) >= 11 is 12.3. The van der Waals surface area contributed by atoms with E-state index in [0.29, 0.717) is 33.7 Å². The van der Waals surface area contributed by atoms with E-state index >= 15 is 0 Å². The fraction of sp³-hybridized carbons (Fsp3) is 0.111. The van der Waals surface area contributed by atoms with Crippen LogP contribution in [-0.2, 0) is 6.54 Å². The number of amides is 1. The molecule has 0 radical (unpaired) electrons. The van der Waals surface area contributed by atoms with Crippen LogP contribution in [0.2, 0.25) is 10.0 Å². The molecule has 0 saturated carbocycles. The standard InChI is InChI=1S/C18H15Cl2N3O2/c1-25-14-7-4-6-12(9-14)18(24)21-17-16(20)11-23(22-17)10-13-5-2-3-8-15(13)19/h2-9,11H,10H2,1H3,(H,21,22,24). The molecule has 3 rings (SSSR count). The van der Waals surface area contributed by atoms with Crippen LogP contribution >= 0.6 is 23.2 Å². The molecule has 0 atom stereocenters. The Morgan fingerprint density at radius 2 is 1.96 bits per heavy atom. The zero-order chi connectivity index (χ0) is 17.8. The van der Waals surface area contributed by atoms with Gasteiger partial charge in [0.05, 0.1) is 13.7 Å². The van der Waals surface area contributed by atoms with Gasteiger partial charge in [0.1, 0.15) is 10.8 Å². The first-order valence-electron chi connectivity index (χ1n) is 7.48. The number of nitrogens with one attached hydrogen (secondary N) is 1. The van der Waals surface area contributed by atoms with Crippen LogP contribution in [0.15, 0.2) is 54.7 Å². The van der Waals surface area contributed by atoms with Crippen molar-refractivity contribution in [2.75, 3.05) is 12.4 Å². The second-order valence-electron chi connectivity index (χ2n) is 5.30. The Morgan fingerprint density at radius 1 is 1.16 bits per heavy atom. The van der Waals surface area contributed by atoms with Crippen LogP contribution in [0.25, 0.3) is 0 Å². The average molecular weight is 376 g/mol. The zero-order valence-corrected chi connectivity index (χ0v) is 14.9. The fourth-order valence-corrected chi connectivity index (χ4v) is 2.70. The number of halogens is 2. The quantitative estimate of drug-likeness (QED) is 0.714. The van der Waals surface area contributed by atoms with Crippen molar-refractivity contribution in [1.29, 1.82) is 0 Å². The van der Waals surface area contributed by atoms with Crippen LogP contribution in [0.4, 0.5) is 5.82 Å². The number of rotatable bonds is 5. The first-order chi connectivity index (χ1) is 12.1. The highest BCUT2D eigenvalue weighted by Gasteiger charge is 2.13. The third-order valence-electron chi connectivity index (χ3n) is 3.57. The van der Waals surface area contributed by atoms with E-state index in [1.165, 1.54) is 0 Å². The van der Waals surface area contributed by atoms with Crippen molar-refractivity contribution in [2.24, 2.45) is 0 Å². The molecule has 1 amide bonds. The smallest absolute Gasteiger partial charge is 0.257 e. The molecular weight excluding hydrogens is 361 g/mol. The first kappa shape index (κ1) is 17.3. The summed E-state index contributed by atoms with van der Waals surface area (Å²) in [6.07, 6.45) is 1.64. The van der Waals surface area contributed by atoms with Crippen molar-refractivity contribution in [3.8, 4) is 5.75 Å². The minimum Gasteiger partial charge on any atom is -0.497 e. The Hall–Kier alpha value is -2.50. The Morgan fingerprint density at radius 3 is 2.72 bits per heavy atom. The number of anilines is 1. The molecule has 0 bridgehead atoms. The highest BCUT2D eigenvalue weighted by atomic mass is 35.5. The molecule has 0 fully saturated rings. The van der Waals surface area contributed by atoms with E-state index in [2.05, 4.69) is 10.4 Å². The van der Waals surface area contributed by atoms with Gasteiger partial charge >= 0.3 is 0 Å². The molecule has 1 heterocycles. The highest BCUT2D eigenvalue weighted by molar-refractivity contribution is 6.33. The summed E-state index contributed by atoms with van der Waals surface area (Å²) in [7, 11) is 1.55. The molecule has 0 aliphatic carbocycles. The number of hydrogen-bond donors (Lipinski definition) is 1. The minimum absolute atomic E-state index is 0.293. The summed E-state index contributed by atoms with van der Waals surface area (Å²) in [6.45, 7) is 0.453. The summed E-state index contributed by atoms with van der Waals surface area (Å²) in [4.78, 5) is 12.4. The van der Waals surface area contributed by atoms with Gasteiger partial charge in [-0.1, -0.05) is 47.5 Å². The van der Waals surface area contributed by atoms with Crippen molar-refractivity contribution >= 4 is 34.9 Å². The number of methoxy groups -OCH3 is 1. The predicted octanol–water partition coefficient (Wildman–Crippen LogP) is 4.50. The van der Waals surface area contributed by atoms with Gasteiger partial charge in [-0.05, 0) is 29.8 Å². The van der Waals surface area contributed by atoms with Gasteiger partial charge < -0.3 is 10.1 Å². The molecule has 128 valence electrons. The fourth-order valence-electron chi connectivity index (χ4n) is 2.31. The van der Waals surface area contributed by atoms with Crippen LogP contribution in [0.5, 0.6) is 5.75 Å². The van der Waals surface area contributed by atoms with E-state index in [1.807, 2.05) is 24.3 Å². The lowest BCUT2D eigenvalue weighted by Gasteiger charge is -2.05. The van der Waals surface area contributed by atoms with Gasteiger partial charge in [0.15, 0.2) is 5.82 Å². The van der Waals surface area contributed by atoms with Crippen LogP contribution < -0.4 is 10.1 Å². The lowest BCUT2D eigenvalue weighted by Crippen LogP contribution is -2.13. The topological polar surface area (TPSA) is 56.1 Å². The van der Waals surface area contributed by atoms with Gasteiger partial charge in [0.25, 0.3) is 5.91 Å². The molecule has 0 spiro atoms. The van der Waals surface area contributed by atoms with E-state index < -0.39 is 0 Å². The Labute approximate surface area is 155 Å². The molecule has 0 aliphatic heterocycles. The molecule has 2 aromatic carbocycles. The first-order valence-corrected chi connectivity index (χ1v) is 8.24. The van der Waals surface area contributed by atoms with Crippen molar-refractivity contribution in [1.82, 2.24) is 9.78 Å². The highest BCUT2D eigenvalue weighted by Crippen LogP contribution is 2.23. The minimum atomic E-state index is -0.316. The zero-order valence-electron chi connectivity index (χ0n) is 13.4. The van der Waals surface area contributed by atoms with Crippen LogP contribution in [0.3, 0.4) is 0 Å². The van der Waals surface area contributed by atoms with Gasteiger partial charge in [-0.2, -0.15) is 5.10 Å². The van der Waals surface area contributed by atoms with E-state index in [9.17, 15) is 4.79 Å². The van der Waals surface area contributed by atoms with E-state index in [0.717, 1.165) is 5.56 Å². The number of carbonyl (C=O) groups is 1. The van der Waals surface area contributed by atoms with E-state index in [-0.39, 0.29) is 5.91 Å². The Kier molecular flexibility index (Phi) is 5.26. The maximum absolute atomic E-state index is 12.4. The number of nitrogens with zero attached hydrogens (tertiary/aromatic N) is 2. The molecule has 3 aromatic rings. The summed E-state index contributed by atoms with van der Waals surface area (Å²) in [5.74, 6) is 0.577. The molecule has 7 heteroatoms. The summed E-state index contributed by atoms with van der Waals surface area (Å²) < 4.78 is 6.75. The second kappa shape index (κ2) is 7.59. The third-order valence-corrected chi connectivity index (χ3v) is 4.22. The molecule has 1 aromatic heterocycles. The van der Waals surface area contributed by atoms with Gasteiger partial charge in [0, 0.05) is 16.8 Å². The SMILES string of the molecule is COc1cccc(C(=O)Nc2nn(Cc3ccccc3Cl)cc2Cl)c1. The van der Waals surface area contributed by atoms with Gasteiger partial charge in [-0.15, -0.1) is 0 Å². The third kappa shape index (κ3) is 4.13. The van der Waals surface area contributed by atoms with E-state index in [1.54, 1.807) is 42.3 Å². The lowest BCUT2D eigenvalue weighted by atomic mass is 10.2. The maximum Gasteiger partial charge on any atom is 0.257 e. The molecule has 5 nitrogen and oxygen atoms in total. The second-order valence-corrected chi connectivity index (χ2v) is 6.12. The van der Waals surface area contributed by atoms with Gasteiger partial charge in [-0.25, -0.2) is 0 Å². The number of aromatic nitrogens is 2. The number of ether oxygens (including phenoxy) is 1. The van der Waals surface area contributed by atoms with Crippen LogP contribution in [0, 0.1) is 0 Å². The van der Waals surface area contributed by atoms with Crippen molar-refractivity contribution in [2.45, 2.75) is 6.54 Å². The molecule has 1 N–H and O–H groups in total. The van der Waals surface area contributed by atoms with Crippen molar-refractivity contribution in [3.05, 3.63) is 75.9 Å². The molecule has 0 saturated heterocycles. The van der Waals surface area contributed by atoms with Crippen LogP contribution in [0.1, 0.15) is 15.9 Å². The monoisotopic (exact) mass is 375 g/mol. The van der Waals surface area contributed by atoms with E-state index in [4.69, 9.17) is 27.9 Å². The summed E-state index contributed by atoms with van der Waals surface area (Å²) in [5, 5.41) is 8.02. The average Bonchev–Trinajstić information content (AvgIpc) is 2.96. The number of carbonyl (C=O) groups excluding carboxylic acids is 1. The van der Waals surface area contributed by atoms with Gasteiger partial charge in [-0.3, -0.25) is 9.48 Å². The number of benzene rings is 2. The van der Waals surface area contributed by atoms with Crippen molar-refractivity contribution < 1.29 is 9.53 Å². The molecule has 25 heavy (non-hydrogen) atoms. The normalized spacial score (nSPS) is 10.5. The molecule has 0 aliphatic rings. The summed E-state index contributed by atoms with van der Waals surface area (Å²) in [6, 6.07) is 14.3. The van der Waals surface area contributed by atoms with Crippen LogP contribution in [-0.4, -0.2) is 22.8 Å². The largest absolute Gasteiger partial charge is 0.497 e. The maximum atomic E-state index is 12.4. The summed E-state index contributed by atoms with van der Waals surface area (Å²) in [5.41, 5.74) is 1.37. The van der Waals surface area contributed by atoms with Crippen molar-refractivity contribution in [3.63, 3.8) is 0 Å². The molecular formula is C18H15Cl2N3O2. The lowest BCUT2D eigenvalue weighted by molar-refractivity contribution is 0.102. The number of hydrogen-bond acceptors (Lipinski definition) is 3. The van der Waals surface area contributed by atoms with Gasteiger partial charge in [0.2, 0.25) is 0 Å². The Balaban J connectivity index is 1.76.